The monoisotopic (exact) mass is 205 g/mol. The lowest BCUT2D eigenvalue weighted by Gasteiger charge is -2.11. The first-order valence-corrected chi connectivity index (χ1v) is 5.37. The Kier molecular flexibility index (Phi) is 4.91. The number of nitrogens with two attached hydrogens (primary N) is 1. The first-order chi connectivity index (χ1) is 7.27. The van der Waals surface area contributed by atoms with Crippen LogP contribution in [0.25, 0.3) is 0 Å². The fourth-order valence-corrected chi connectivity index (χ4v) is 1.44. The quantitative estimate of drug-likeness (QED) is 0.724. The number of ether oxygens (including phenoxy) is 1. The zero-order valence-electron chi connectivity index (χ0n) is 9.28. The number of benzene rings is 1. The van der Waals surface area contributed by atoms with Crippen molar-refractivity contribution in [2.75, 3.05) is 6.61 Å². The maximum Gasteiger partial charge on any atom is 0.119 e. The summed E-state index contributed by atoms with van der Waals surface area (Å²) in [5.41, 5.74) is 7.17. The van der Waals surface area contributed by atoms with Crippen LogP contribution < -0.4 is 10.5 Å². The van der Waals surface area contributed by atoms with Gasteiger partial charge in [0.25, 0.3) is 0 Å². The smallest absolute Gasteiger partial charge is 0.119 e. The molecule has 2 nitrogen and oxygen atoms in total. The van der Waals surface area contributed by atoms with E-state index in [-0.39, 0.29) is 6.04 Å². The highest BCUT2D eigenvalue weighted by Crippen LogP contribution is 2.19. The predicted molar refractivity (Wildman–Crippen MR) is 64.0 cm³/mol. The number of hydrogen-bond donors (Lipinski definition) is 1. The van der Waals surface area contributed by atoms with Crippen LogP contribution in [-0.4, -0.2) is 6.61 Å². The van der Waals surface area contributed by atoms with E-state index in [1.54, 1.807) is 0 Å². The molecule has 1 rings (SSSR count). The highest BCUT2D eigenvalue weighted by atomic mass is 16.5. The summed E-state index contributed by atoms with van der Waals surface area (Å²) in [4.78, 5) is 0. The van der Waals surface area contributed by atoms with E-state index in [9.17, 15) is 0 Å². The zero-order valence-corrected chi connectivity index (χ0v) is 9.28. The van der Waals surface area contributed by atoms with E-state index in [4.69, 9.17) is 10.5 Å². The van der Waals surface area contributed by atoms with Crippen molar-refractivity contribution in [2.45, 2.75) is 25.8 Å². The summed E-state index contributed by atoms with van der Waals surface area (Å²) >= 11 is 0. The topological polar surface area (TPSA) is 35.2 Å². The number of rotatable bonds is 6. The third kappa shape index (κ3) is 3.76. The van der Waals surface area contributed by atoms with Crippen LogP contribution in [-0.2, 0) is 0 Å². The van der Waals surface area contributed by atoms with Gasteiger partial charge in [0.15, 0.2) is 0 Å². The molecule has 0 aromatic heterocycles. The summed E-state index contributed by atoms with van der Waals surface area (Å²) in [6, 6.07) is 8.08. The average molecular weight is 205 g/mol. The Labute approximate surface area is 91.7 Å². The molecule has 0 bridgehead atoms. The summed E-state index contributed by atoms with van der Waals surface area (Å²) in [6.07, 6.45) is 3.79. The largest absolute Gasteiger partial charge is 0.494 e. The van der Waals surface area contributed by atoms with Gasteiger partial charge >= 0.3 is 0 Å². The summed E-state index contributed by atoms with van der Waals surface area (Å²) in [6.45, 7) is 6.36. The van der Waals surface area contributed by atoms with Gasteiger partial charge in [0, 0.05) is 6.04 Å². The van der Waals surface area contributed by atoms with Crippen molar-refractivity contribution >= 4 is 0 Å². The van der Waals surface area contributed by atoms with Gasteiger partial charge in [0.1, 0.15) is 5.75 Å². The summed E-state index contributed by atoms with van der Waals surface area (Å²) in [7, 11) is 0. The van der Waals surface area contributed by atoms with Gasteiger partial charge in [-0.2, -0.15) is 0 Å². The molecule has 0 radical (unpaired) electrons. The standard InChI is InChI=1S/C13H19NO/c1-3-5-6-13(14)11-7-9-12(10-8-11)15-4-2/h3,7-10,13H,1,4-6,14H2,2H3/t13-/m0/s1. The Bertz CT molecular complexity index is 292. The Morgan fingerprint density at radius 1 is 1.40 bits per heavy atom. The van der Waals surface area contributed by atoms with E-state index in [1.165, 1.54) is 0 Å². The van der Waals surface area contributed by atoms with E-state index in [0.717, 1.165) is 24.2 Å². The molecule has 0 heterocycles. The van der Waals surface area contributed by atoms with Crippen LogP contribution in [0.2, 0.25) is 0 Å². The molecule has 1 aromatic rings. The maximum absolute atomic E-state index is 6.02. The molecule has 1 atom stereocenters. The summed E-state index contributed by atoms with van der Waals surface area (Å²) < 4.78 is 5.36. The minimum absolute atomic E-state index is 0.0960. The van der Waals surface area contributed by atoms with Crippen LogP contribution in [0.15, 0.2) is 36.9 Å². The molecule has 0 saturated heterocycles. The third-order valence-corrected chi connectivity index (χ3v) is 2.30. The Morgan fingerprint density at radius 2 is 2.07 bits per heavy atom. The molecule has 0 fully saturated rings. The highest BCUT2D eigenvalue weighted by Gasteiger charge is 2.04. The van der Waals surface area contributed by atoms with Crippen molar-refractivity contribution < 1.29 is 4.74 Å². The first kappa shape index (κ1) is 11.8. The fraction of sp³-hybridized carbons (Fsp3) is 0.385. The van der Waals surface area contributed by atoms with Gasteiger partial charge in [-0.15, -0.1) is 6.58 Å². The highest BCUT2D eigenvalue weighted by molar-refractivity contribution is 5.29. The van der Waals surface area contributed by atoms with Gasteiger partial charge in [-0.25, -0.2) is 0 Å². The van der Waals surface area contributed by atoms with Gasteiger partial charge in [-0.05, 0) is 37.5 Å². The average Bonchev–Trinajstić information content (AvgIpc) is 2.27. The van der Waals surface area contributed by atoms with Crippen molar-refractivity contribution in [2.24, 2.45) is 5.73 Å². The molecule has 0 saturated carbocycles. The molecular formula is C13H19NO. The second-order valence-electron chi connectivity index (χ2n) is 3.47. The predicted octanol–water partition coefficient (Wildman–Crippen LogP) is 3.05. The van der Waals surface area contributed by atoms with Gasteiger partial charge in [0.05, 0.1) is 6.61 Å². The van der Waals surface area contributed by atoms with Crippen molar-refractivity contribution in [3.63, 3.8) is 0 Å². The molecule has 0 aliphatic rings. The third-order valence-electron chi connectivity index (χ3n) is 2.30. The molecule has 0 amide bonds. The normalized spacial score (nSPS) is 12.1. The lowest BCUT2D eigenvalue weighted by molar-refractivity contribution is 0.340. The second-order valence-corrected chi connectivity index (χ2v) is 3.47. The van der Waals surface area contributed by atoms with Crippen molar-refractivity contribution in [1.29, 1.82) is 0 Å². The van der Waals surface area contributed by atoms with E-state index in [1.807, 2.05) is 37.3 Å². The molecule has 0 unspecified atom stereocenters. The van der Waals surface area contributed by atoms with Gasteiger partial charge in [-0.3, -0.25) is 0 Å². The van der Waals surface area contributed by atoms with Crippen LogP contribution in [0.3, 0.4) is 0 Å². The van der Waals surface area contributed by atoms with Crippen LogP contribution in [0, 0.1) is 0 Å². The van der Waals surface area contributed by atoms with Gasteiger partial charge < -0.3 is 10.5 Å². The van der Waals surface area contributed by atoms with Crippen molar-refractivity contribution in [1.82, 2.24) is 0 Å². The summed E-state index contributed by atoms with van der Waals surface area (Å²) in [5.74, 6) is 0.900. The second kappa shape index (κ2) is 6.25. The Balaban J connectivity index is 2.58. The SMILES string of the molecule is C=CCC[C@H](N)c1ccc(OCC)cc1. The van der Waals surface area contributed by atoms with Gasteiger partial charge in [-0.1, -0.05) is 18.2 Å². The zero-order chi connectivity index (χ0) is 11.1. The molecule has 1 aromatic carbocycles. The van der Waals surface area contributed by atoms with Crippen LogP contribution in [0.4, 0.5) is 0 Å². The minimum Gasteiger partial charge on any atom is -0.494 e. The van der Waals surface area contributed by atoms with Crippen LogP contribution >= 0.6 is 0 Å². The lowest BCUT2D eigenvalue weighted by Crippen LogP contribution is -2.09. The van der Waals surface area contributed by atoms with E-state index in [0.29, 0.717) is 6.61 Å². The minimum atomic E-state index is 0.0960. The molecule has 82 valence electrons. The molecule has 15 heavy (non-hydrogen) atoms. The van der Waals surface area contributed by atoms with Crippen molar-refractivity contribution in [3.05, 3.63) is 42.5 Å². The van der Waals surface area contributed by atoms with Crippen molar-refractivity contribution in [3.8, 4) is 5.75 Å². The van der Waals surface area contributed by atoms with Crippen LogP contribution in [0.1, 0.15) is 31.4 Å². The number of hydrogen-bond acceptors (Lipinski definition) is 2. The maximum atomic E-state index is 6.02. The fourth-order valence-electron chi connectivity index (χ4n) is 1.44. The lowest BCUT2D eigenvalue weighted by atomic mass is 10.0. The number of allylic oxidation sites excluding steroid dienone is 1. The van der Waals surface area contributed by atoms with Crippen LogP contribution in [0.5, 0.6) is 5.75 Å². The van der Waals surface area contributed by atoms with E-state index >= 15 is 0 Å². The molecule has 2 N–H and O–H groups in total. The summed E-state index contributed by atoms with van der Waals surface area (Å²) in [5, 5.41) is 0. The molecule has 0 spiro atoms. The molecular weight excluding hydrogens is 186 g/mol. The Hall–Kier alpha value is -1.28. The van der Waals surface area contributed by atoms with E-state index < -0.39 is 0 Å². The molecule has 0 aliphatic carbocycles. The molecule has 2 heteroatoms. The van der Waals surface area contributed by atoms with Gasteiger partial charge in [0.2, 0.25) is 0 Å². The Morgan fingerprint density at radius 3 is 2.60 bits per heavy atom. The molecule has 0 aliphatic heterocycles. The first-order valence-electron chi connectivity index (χ1n) is 5.37. The van der Waals surface area contributed by atoms with E-state index in [2.05, 4.69) is 6.58 Å².